The van der Waals surface area contributed by atoms with Crippen molar-refractivity contribution in [3.05, 3.63) is 5.82 Å². The molecule has 0 saturated carbocycles. The Kier molecular flexibility index (Phi) is 4.12. The first kappa shape index (κ1) is 10.9. The number of hydrogen-bond donors (Lipinski definition) is 0. The lowest BCUT2D eigenvalue weighted by Crippen LogP contribution is -2.19. The van der Waals surface area contributed by atoms with Crippen LogP contribution in [0.3, 0.4) is 0 Å². The first-order valence-electron chi connectivity index (χ1n) is 4.26. The van der Waals surface area contributed by atoms with Crippen molar-refractivity contribution in [2.45, 2.75) is 19.8 Å². The predicted molar refractivity (Wildman–Crippen MR) is 61.1 cm³/mol. The largest absolute Gasteiger partial charge is 0.349 e. The fraction of sp³-hybridized carbons (Fsp3) is 0.750. The molecule has 0 N–H and O–H groups in total. The van der Waals surface area contributed by atoms with Crippen LogP contribution in [-0.2, 0) is 0 Å². The molecule has 0 unspecified atom stereocenters. The summed E-state index contributed by atoms with van der Waals surface area (Å²) < 4.78 is 4.29. The van der Waals surface area contributed by atoms with E-state index >= 15 is 0 Å². The molecule has 13 heavy (non-hydrogen) atoms. The van der Waals surface area contributed by atoms with Crippen LogP contribution in [0.5, 0.6) is 0 Å². The maximum Gasteiger partial charge on any atom is 0.204 e. The summed E-state index contributed by atoms with van der Waals surface area (Å²) in [5.41, 5.74) is 0. The summed E-state index contributed by atoms with van der Waals surface area (Å²) >= 11 is 4.87. The number of aromatic nitrogens is 2. The van der Waals surface area contributed by atoms with E-state index in [2.05, 4.69) is 44.0 Å². The van der Waals surface area contributed by atoms with Crippen LogP contribution in [-0.4, -0.2) is 28.3 Å². The van der Waals surface area contributed by atoms with Gasteiger partial charge in [-0.05, 0) is 0 Å². The molecule has 0 amide bonds. The highest BCUT2D eigenvalue weighted by Gasteiger charge is 2.09. The second kappa shape index (κ2) is 4.91. The van der Waals surface area contributed by atoms with Gasteiger partial charge in [0.1, 0.15) is 5.82 Å². The maximum absolute atomic E-state index is 4.44. The molecule has 0 bridgehead atoms. The van der Waals surface area contributed by atoms with Gasteiger partial charge in [-0.25, -0.2) is 4.98 Å². The summed E-state index contributed by atoms with van der Waals surface area (Å²) in [5.74, 6) is 1.36. The Balaban J connectivity index is 2.67. The van der Waals surface area contributed by atoms with Crippen molar-refractivity contribution in [1.82, 2.24) is 9.36 Å². The van der Waals surface area contributed by atoms with Gasteiger partial charge in [0.2, 0.25) is 5.13 Å². The zero-order valence-corrected chi connectivity index (χ0v) is 10.5. The number of nitrogens with zero attached hydrogens (tertiary/aromatic N) is 3. The molecule has 1 aromatic rings. The molecule has 0 aromatic carbocycles. The fourth-order valence-corrected chi connectivity index (χ4v) is 2.16. The Hall–Kier alpha value is -0.160. The van der Waals surface area contributed by atoms with Crippen LogP contribution in [0.2, 0.25) is 0 Å². The molecule has 5 heteroatoms. The standard InChI is InChI=1S/C8H14BrN3S/c1-6(2)7-10-8(13-11-7)12(3)5-4-9/h6H,4-5H2,1-3H3. The average Bonchev–Trinajstić information content (AvgIpc) is 2.52. The summed E-state index contributed by atoms with van der Waals surface area (Å²) in [6, 6.07) is 0. The van der Waals surface area contributed by atoms with Crippen LogP contribution < -0.4 is 4.90 Å². The average molecular weight is 264 g/mol. The van der Waals surface area contributed by atoms with Gasteiger partial charge in [-0.15, -0.1) is 0 Å². The van der Waals surface area contributed by atoms with E-state index in [0.717, 1.165) is 22.8 Å². The second-order valence-corrected chi connectivity index (χ2v) is 4.72. The van der Waals surface area contributed by atoms with Crippen LogP contribution in [0.25, 0.3) is 0 Å². The number of rotatable bonds is 4. The molecule has 0 fully saturated rings. The minimum Gasteiger partial charge on any atom is -0.349 e. The molecule has 1 heterocycles. The molecular weight excluding hydrogens is 250 g/mol. The third-order valence-electron chi connectivity index (χ3n) is 1.69. The summed E-state index contributed by atoms with van der Waals surface area (Å²) in [5, 5.41) is 1.96. The van der Waals surface area contributed by atoms with Gasteiger partial charge in [0.15, 0.2) is 0 Å². The molecule has 0 spiro atoms. The van der Waals surface area contributed by atoms with Gasteiger partial charge >= 0.3 is 0 Å². The summed E-state index contributed by atoms with van der Waals surface area (Å²) in [4.78, 5) is 6.55. The first-order chi connectivity index (χ1) is 6.15. The fourth-order valence-electron chi connectivity index (χ4n) is 0.838. The van der Waals surface area contributed by atoms with Crippen molar-refractivity contribution in [3.8, 4) is 0 Å². The molecule has 0 aliphatic carbocycles. The second-order valence-electron chi connectivity index (χ2n) is 3.20. The lowest BCUT2D eigenvalue weighted by molar-refractivity contribution is 0.794. The molecule has 0 saturated heterocycles. The predicted octanol–water partition coefficient (Wildman–Crippen LogP) is 2.49. The van der Waals surface area contributed by atoms with Gasteiger partial charge in [-0.3, -0.25) is 0 Å². The van der Waals surface area contributed by atoms with Gasteiger partial charge in [0.25, 0.3) is 0 Å². The van der Waals surface area contributed by atoms with Crippen LogP contribution in [0.15, 0.2) is 0 Å². The van der Waals surface area contributed by atoms with Gasteiger partial charge in [0.05, 0.1) is 0 Å². The van der Waals surface area contributed by atoms with Crippen molar-refractivity contribution < 1.29 is 0 Å². The van der Waals surface area contributed by atoms with Crippen molar-refractivity contribution in [1.29, 1.82) is 0 Å². The van der Waals surface area contributed by atoms with E-state index in [-0.39, 0.29) is 0 Å². The van der Waals surface area contributed by atoms with Crippen molar-refractivity contribution >= 4 is 32.6 Å². The van der Waals surface area contributed by atoms with E-state index in [1.165, 1.54) is 11.5 Å². The number of anilines is 1. The van der Waals surface area contributed by atoms with Crippen LogP contribution in [0.1, 0.15) is 25.6 Å². The Bertz CT molecular complexity index is 262. The van der Waals surface area contributed by atoms with E-state index in [0.29, 0.717) is 5.92 Å². The monoisotopic (exact) mass is 263 g/mol. The Morgan fingerprint density at radius 3 is 2.69 bits per heavy atom. The molecule has 3 nitrogen and oxygen atoms in total. The molecule has 0 radical (unpaired) electrons. The molecule has 1 rings (SSSR count). The SMILES string of the molecule is CC(C)c1nsc(N(C)CCBr)n1. The number of alkyl halides is 1. The zero-order valence-electron chi connectivity index (χ0n) is 8.12. The first-order valence-corrected chi connectivity index (χ1v) is 6.15. The van der Waals surface area contributed by atoms with Gasteiger partial charge in [-0.2, -0.15) is 4.37 Å². The van der Waals surface area contributed by atoms with E-state index in [4.69, 9.17) is 0 Å². The smallest absolute Gasteiger partial charge is 0.204 e. The Morgan fingerprint density at radius 1 is 1.54 bits per heavy atom. The Morgan fingerprint density at radius 2 is 2.23 bits per heavy atom. The highest BCUT2D eigenvalue weighted by molar-refractivity contribution is 9.09. The molecule has 0 aliphatic rings. The summed E-state index contributed by atoms with van der Waals surface area (Å²) in [6.07, 6.45) is 0. The van der Waals surface area contributed by atoms with Crippen molar-refractivity contribution in [2.24, 2.45) is 0 Å². The zero-order chi connectivity index (χ0) is 9.84. The van der Waals surface area contributed by atoms with Crippen LogP contribution in [0, 0.1) is 0 Å². The molecule has 74 valence electrons. The molecule has 1 aromatic heterocycles. The van der Waals surface area contributed by atoms with E-state index < -0.39 is 0 Å². The quantitative estimate of drug-likeness (QED) is 0.782. The number of halogens is 1. The normalized spacial score (nSPS) is 10.8. The maximum atomic E-state index is 4.44. The van der Waals surface area contributed by atoms with Crippen molar-refractivity contribution in [3.63, 3.8) is 0 Å². The summed E-state index contributed by atoms with van der Waals surface area (Å²) in [6.45, 7) is 5.18. The van der Waals surface area contributed by atoms with Gasteiger partial charge < -0.3 is 4.90 Å². The topological polar surface area (TPSA) is 29.0 Å². The molecular formula is C8H14BrN3S. The number of hydrogen-bond acceptors (Lipinski definition) is 4. The molecule has 0 atom stereocenters. The minimum absolute atomic E-state index is 0.419. The van der Waals surface area contributed by atoms with Crippen LogP contribution >= 0.6 is 27.5 Å². The summed E-state index contributed by atoms with van der Waals surface area (Å²) in [7, 11) is 2.03. The van der Waals surface area contributed by atoms with E-state index in [1.54, 1.807) is 0 Å². The van der Waals surface area contributed by atoms with Gasteiger partial charge in [-0.1, -0.05) is 29.8 Å². The minimum atomic E-state index is 0.419. The van der Waals surface area contributed by atoms with Crippen molar-refractivity contribution in [2.75, 3.05) is 23.8 Å². The lowest BCUT2D eigenvalue weighted by Gasteiger charge is -2.12. The van der Waals surface area contributed by atoms with Gasteiger partial charge in [0, 0.05) is 36.4 Å². The van der Waals surface area contributed by atoms with Crippen LogP contribution in [0.4, 0.5) is 5.13 Å². The molecule has 0 aliphatic heterocycles. The third-order valence-corrected chi connectivity index (χ3v) is 2.89. The Labute approximate surface area is 91.5 Å². The lowest BCUT2D eigenvalue weighted by atomic mass is 10.2. The van der Waals surface area contributed by atoms with E-state index in [9.17, 15) is 0 Å². The third kappa shape index (κ3) is 2.91. The van der Waals surface area contributed by atoms with E-state index in [1.807, 2.05) is 7.05 Å². The highest BCUT2D eigenvalue weighted by Crippen LogP contribution is 2.19. The highest BCUT2D eigenvalue weighted by atomic mass is 79.9.